The number of halogens is 2. The summed E-state index contributed by atoms with van der Waals surface area (Å²) in [5.41, 5.74) is 10.1. The van der Waals surface area contributed by atoms with Gasteiger partial charge in [0.15, 0.2) is 11.6 Å². The number of H-pyrrole nitrogens is 1. The molecule has 0 spiro atoms. The Kier molecular flexibility index (Phi) is 5.97. The van der Waals surface area contributed by atoms with E-state index in [0.29, 0.717) is 16.6 Å². The molecule has 0 amide bonds. The summed E-state index contributed by atoms with van der Waals surface area (Å²) >= 11 is 0. The van der Waals surface area contributed by atoms with Crippen LogP contribution in [0.15, 0.2) is 73.3 Å². The van der Waals surface area contributed by atoms with Crippen LogP contribution in [0.5, 0.6) is 11.6 Å². The second-order valence-corrected chi connectivity index (χ2v) is 7.82. The van der Waals surface area contributed by atoms with E-state index in [9.17, 15) is 8.78 Å². The molecule has 5 rings (SSSR count). The van der Waals surface area contributed by atoms with Gasteiger partial charge in [0.25, 0.3) is 0 Å². The molecule has 0 saturated carbocycles. The van der Waals surface area contributed by atoms with Crippen LogP contribution in [0.3, 0.4) is 0 Å². The van der Waals surface area contributed by atoms with Crippen molar-refractivity contribution in [1.82, 2.24) is 19.9 Å². The molecule has 0 unspecified atom stereocenters. The zero-order chi connectivity index (χ0) is 23.5. The van der Waals surface area contributed by atoms with Crippen LogP contribution in [0.2, 0.25) is 0 Å². The third kappa shape index (κ3) is 4.35. The van der Waals surface area contributed by atoms with E-state index in [1.807, 2.05) is 30.3 Å². The molecule has 0 aliphatic heterocycles. The second kappa shape index (κ2) is 9.36. The predicted octanol–water partition coefficient (Wildman–Crippen LogP) is 5.33. The van der Waals surface area contributed by atoms with Crippen LogP contribution in [0.1, 0.15) is 16.8 Å². The summed E-state index contributed by atoms with van der Waals surface area (Å²) < 4.78 is 34.7. The van der Waals surface area contributed by atoms with Crippen molar-refractivity contribution in [1.29, 1.82) is 0 Å². The van der Waals surface area contributed by atoms with Gasteiger partial charge < -0.3 is 15.5 Å². The lowest BCUT2D eigenvalue weighted by Gasteiger charge is -2.10. The average Bonchev–Trinajstić information content (AvgIpc) is 3.31. The predicted molar refractivity (Wildman–Crippen MR) is 125 cm³/mol. The third-order valence-corrected chi connectivity index (χ3v) is 5.57. The van der Waals surface area contributed by atoms with Crippen molar-refractivity contribution in [3.8, 4) is 22.8 Å². The van der Waals surface area contributed by atoms with Crippen LogP contribution in [0, 0.1) is 11.6 Å². The van der Waals surface area contributed by atoms with Crippen LogP contribution in [0.25, 0.3) is 22.2 Å². The molecule has 6 nitrogen and oxygen atoms in total. The van der Waals surface area contributed by atoms with Crippen LogP contribution in [0.4, 0.5) is 8.78 Å². The maximum Gasteiger partial charge on any atom is 0.232 e. The van der Waals surface area contributed by atoms with Crippen molar-refractivity contribution < 1.29 is 13.5 Å². The highest BCUT2D eigenvalue weighted by atomic mass is 19.1. The van der Waals surface area contributed by atoms with Gasteiger partial charge in [-0.2, -0.15) is 0 Å². The highest BCUT2D eigenvalue weighted by molar-refractivity contribution is 5.97. The Bertz CT molecular complexity index is 1430. The van der Waals surface area contributed by atoms with Gasteiger partial charge in [-0.3, -0.25) is 4.98 Å². The van der Waals surface area contributed by atoms with Gasteiger partial charge in [0.1, 0.15) is 12.0 Å². The Morgan fingerprint density at radius 3 is 2.44 bits per heavy atom. The number of hydrogen-bond acceptors (Lipinski definition) is 5. The molecular formula is C26H21F2N5O. The molecule has 0 aliphatic carbocycles. The number of aryl methyl sites for hydroxylation is 2. The topological polar surface area (TPSA) is 89.7 Å². The van der Waals surface area contributed by atoms with E-state index in [-0.39, 0.29) is 12.4 Å². The highest BCUT2D eigenvalue weighted by Gasteiger charge is 2.19. The van der Waals surface area contributed by atoms with Crippen molar-refractivity contribution in [2.45, 2.75) is 19.4 Å². The van der Waals surface area contributed by atoms with Gasteiger partial charge in [0, 0.05) is 30.2 Å². The van der Waals surface area contributed by atoms with E-state index in [4.69, 9.17) is 10.5 Å². The van der Waals surface area contributed by atoms with Crippen LogP contribution in [-0.4, -0.2) is 19.9 Å². The van der Waals surface area contributed by atoms with Crippen LogP contribution >= 0.6 is 0 Å². The fraction of sp³-hybridized carbons (Fsp3) is 0.115. The Balaban J connectivity index is 1.49. The monoisotopic (exact) mass is 457 g/mol. The van der Waals surface area contributed by atoms with E-state index in [1.165, 1.54) is 11.9 Å². The van der Waals surface area contributed by atoms with Crippen molar-refractivity contribution in [2.24, 2.45) is 5.73 Å². The number of benzene rings is 2. The molecule has 0 aliphatic rings. The van der Waals surface area contributed by atoms with Gasteiger partial charge in [-0.25, -0.2) is 18.7 Å². The smallest absolute Gasteiger partial charge is 0.232 e. The molecule has 34 heavy (non-hydrogen) atoms. The minimum absolute atomic E-state index is 0.0163. The van der Waals surface area contributed by atoms with Crippen molar-refractivity contribution >= 4 is 11.0 Å². The van der Waals surface area contributed by atoms with Crippen molar-refractivity contribution in [2.75, 3.05) is 0 Å². The molecular weight excluding hydrogens is 436 g/mol. The molecule has 170 valence electrons. The number of nitrogens with zero attached hydrogens (tertiary/aromatic N) is 3. The van der Waals surface area contributed by atoms with Crippen LogP contribution in [-0.2, 0) is 19.4 Å². The van der Waals surface area contributed by atoms with E-state index < -0.39 is 17.4 Å². The standard InChI is InChI=1S/C26H21F2N5O/c27-21-10-17(13-29)11-22(28)24(21)34-26-23-20(14-31-25(23)32-15-33-26)18-8-9-30-19(12-18)7-6-16-4-2-1-3-5-16/h1-5,8-12,14-15H,6-7,13,29H2,(H,31,32,33). The van der Waals surface area contributed by atoms with Gasteiger partial charge in [0.05, 0.1) is 5.39 Å². The van der Waals surface area contributed by atoms with Gasteiger partial charge in [-0.1, -0.05) is 30.3 Å². The second-order valence-electron chi connectivity index (χ2n) is 7.82. The number of pyridine rings is 1. The number of rotatable bonds is 7. The number of nitrogens with one attached hydrogen (secondary N) is 1. The molecule has 0 radical (unpaired) electrons. The lowest BCUT2D eigenvalue weighted by Crippen LogP contribution is -2.01. The van der Waals surface area contributed by atoms with Crippen molar-refractivity contribution in [3.05, 3.63) is 102 Å². The number of nitrogens with two attached hydrogens (primary N) is 1. The molecule has 3 aromatic heterocycles. The molecule has 0 saturated heterocycles. The fourth-order valence-electron chi connectivity index (χ4n) is 3.86. The first kappa shape index (κ1) is 21.7. The third-order valence-electron chi connectivity index (χ3n) is 5.57. The molecule has 8 heteroatoms. The summed E-state index contributed by atoms with van der Waals surface area (Å²) in [6, 6.07) is 16.3. The number of aromatic amines is 1. The molecule has 3 heterocycles. The minimum Gasteiger partial charge on any atom is -0.432 e. The molecule has 2 aromatic carbocycles. The van der Waals surface area contributed by atoms with Gasteiger partial charge in [0.2, 0.25) is 11.6 Å². The summed E-state index contributed by atoms with van der Waals surface area (Å²) in [6.07, 6.45) is 6.42. The maximum atomic E-state index is 14.5. The lowest BCUT2D eigenvalue weighted by atomic mass is 10.0. The first-order valence-corrected chi connectivity index (χ1v) is 10.8. The number of hydrogen-bond donors (Lipinski definition) is 2. The van der Waals surface area contributed by atoms with Gasteiger partial charge in [-0.05, 0) is 53.8 Å². The summed E-state index contributed by atoms with van der Waals surface area (Å²) in [5, 5.41) is 0.518. The fourth-order valence-corrected chi connectivity index (χ4v) is 3.86. The molecule has 3 N–H and O–H groups in total. The zero-order valence-corrected chi connectivity index (χ0v) is 18.1. The number of ether oxygens (including phenoxy) is 1. The molecule has 5 aromatic rings. The van der Waals surface area contributed by atoms with E-state index in [2.05, 4.69) is 32.1 Å². The van der Waals surface area contributed by atoms with E-state index in [0.717, 1.165) is 41.8 Å². The summed E-state index contributed by atoms with van der Waals surface area (Å²) in [5.74, 6) is -2.20. The first-order valence-electron chi connectivity index (χ1n) is 10.8. The summed E-state index contributed by atoms with van der Waals surface area (Å²) in [4.78, 5) is 16.0. The minimum atomic E-state index is -0.851. The van der Waals surface area contributed by atoms with Gasteiger partial charge in [-0.15, -0.1) is 0 Å². The quantitative estimate of drug-likeness (QED) is 0.345. The Hall–Kier alpha value is -4.17. The Morgan fingerprint density at radius 2 is 1.68 bits per heavy atom. The molecule has 0 fully saturated rings. The Morgan fingerprint density at radius 1 is 0.882 bits per heavy atom. The summed E-state index contributed by atoms with van der Waals surface area (Å²) in [6.45, 7) is 0.0163. The zero-order valence-electron chi connectivity index (χ0n) is 18.1. The average molecular weight is 457 g/mol. The molecule has 0 atom stereocenters. The SMILES string of the molecule is NCc1cc(F)c(Oc2ncnc3[nH]cc(-c4ccnc(CCc5ccccc5)c4)c23)c(F)c1. The van der Waals surface area contributed by atoms with Gasteiger partial charge >= 0.3 is 0 Å². The molecule has 0 bridgehead atoms. The maximum absolute atomic E-state index is 14.5. The van der Waals surface area contributed by atoms with Crippen molar-refractivity contribution in [3.63, 3.8) is 0 Å². The van der Waals surface area contributed by atoms with E-state index >= 15 is 0 Å². The number of fused-ring (bicyclic) bond motifs is 1. The largest absolute Gasteiger partial charge is 0.432 e. The lowest BCUT2D eigenvalue weighted by molar-refractivity contribution is 0.398. The van der Waals surface area contributed by atoms with E-state index in [1.54, 1.807) is 12.4 Å². The number of aromatic nitrogens is 4. The highest BCUT2D eigenvalue weighted by Crippen LogP contribution is 2.37. The first-order chi connectivity index (χ1) is 16.6. The normalized spacial score (nSPS) is 11.1. The Labute approximate surface area is 194 Å². The van der Waals surface area contributed by atoms with Crippen LogP contribution < -0.4 is 10.5 Å². The summed E-state index contributed by atoms with van der Waals surface area (Å²) in [7, 11) is 0.